The summed E-state index contributed by atoms with van der Waals surface area (Å²) in [5.74, 6) is -1.05. The minimum absolute atomic E-state index is 0.0228. The van der Waals surface area contributed by atoms with Crippen LogP contribution in [0.15, 0.2) is 21.7 Å². The Kier molecular flexibility index (Phi) is 4.55. The molecule has 0 aliphatic rings. The number of aliphatic carboxylic acids is 1. The second kappa shape index (κ2) is 6.40. The highest BCUT2D eigenvalue weighted by Gasteiger charge is 2.17. The van der Waals surface area contributed by atoms with E-state index in [4.69, 9.17) is 5.11 Å². The number of benzene rings is 1. The van der Waals surface area contributed by atoms with Crippen molar-refractivity contribution in [2.75, 3.05) is 0 Å². The van der Waals surface area contributed by atoms with Crippen LogP contribution in [0, 0.1) is 10.1 Å². The van der Waals surface area contributed by atoms with Gasteiger partial charge in [0, 0.05) is 18.7 Å². The Morgan fingerprint density at radius 1 is 1.35 bits per heavy atom. The molecule has 0 saturated carbocycles. The third-order valence-corrected chi connectivity index (χ3v) is 3.35. The van der Waals surface area contributed by atoms with Gasteiger partial charge in [-0.25, -0.2) is 0 Å². The van der Waals surface area contributed by atoms with Gasteiger partial charge in [0.1, 0.15) is 6.04 Å². The molecule has 0 aliphatic heterocycles. The van der Waals surface area contributed by atoms with Gasteiger partial charge in [0.15, 0.2) is 0 Å². The zero-order valence-electron chi connectivity index (χ0n) is 12.1. The molecule has 0 aliphatic carbocycles. The summed E-state index contributed by atoms with van der Waals surface area (Å²) in [6.45, 7) is 1.65. The third kappa shape index (κ3) is 3.43. The minimum atomic E-state index is -1.05. The Hall–Kier alpha value is -3.01. The first-order valence-electron chi connectivity index (χ1n) is 6.73. The molecule has 10 heteroatoms. The Morgan fingerprint density at radius 3 is 2.57 bits per heavy atom. The number of aromatic amines is 2. The third-order valence-electron chi connectivity index (χ3n) is 3.35. The average Bonchev–Trinajstić information content (AvgIpc) is 2.48. The van der Waals surface area contributed by atoms with Gasteiger partial charge in [-0.3, -0.25) is 24.5 Å². The van der Waals surface area contributed by atoms with Crippen molar-refractivity contribution in [3.05, 3.63) is 48.5 Å². The topological polar surface area (TPSA) is 158 Å². The summed E-state index contributed by atoms with van der Waals surface area (Å²) in [6.07, 6.45) is 0.315. The van der Waals surface area contributed by atoms with Crippen molar-refractivity contribution in [3.63, 3.8) is 0 Å². The first-order valence-corrected chi connectivity index (χ1v) is 6.73. The van der Waals surface area contributed by atoms with Crippen LogP contribution in [0.2, 0.25) is 0 Å². The fourth-order valence-corrected chi connectivity index (χ4v) is 2.17. The van der Waals surface area contributed by atoms with Gasteiger partial charge in [0.2, 0.25) is 0 Å². The second-order valence-electron chi connectivity index (χ2n) is 4.87. The van der Waals surface area contributed by atoms with Gasteiger partial charge in [-0.1, -0.05) is 6.92 Å². The highest BCUT2D eigenvalue weighted by molar-refractivity contribution is 5.80. The largest absolute Gasteiger partial charge is 0.480 e. The van der Waals surface area contributed by atoms with Gasteiger partial charge in [-0.2, -0.15) is 0 Å². The molecule has 10 nitrogen and oxygen atoms in total. The molecule has 0 spiro atoms. The number of hydrogen-bond donors (Lipinski definition) is 4. The summed E-state index contributed by atoms with van der Waals surface area (Å²) in [4.78, 5) is 48.8. The molecule has 1 aromatic heterocycles. The number of carboxylic acid groups (broad SMARTS) is 1. The van der Waals surface area contributed by atoms with Crippen LogP contribution < -0.4 is 16.4 Å². The molecular formula is C13H14N4O6. The zero-order chi connectivity index (χ0) is 17.1. The van der Waals surface area contributed by atoms with E-state index in [-0.39, 0.29) is 23.3 Å². The van der Waals surface area contributed by atoms with E-state index in [0.29, 0.717) is 12.0 Å². The highest BCUT2D eigenvalue weighted by atomic mass is 16.6. The molecule has 4 N–H and O–H groups in total. The van der Waals surface area contributed by atoms with E-state index in [2.05, 4.69) is 15.3 Å². The lowest BCUT2D eigenvalue weighted by Gasteiger charge is -2.13. The fraction of sp³-hybridized carbons (Fsp3) is 0.308. The number of fused-ring (bicyclic) bond motifs is 1. The number of nitro groups is 1. The Bertz CT molecular complexity index is 884. The molecule has 0 radical (unpaired) electrons. The zero-order valence-corrected chi connectivity index (χ0v) is 12.1. The first kappa shape index (κ1) is 16.4. The van der Waals surface area contributed by atoms with E-state index in [0.717, 1.165) is 6.07 Å². The van der Waals surface area contributed by atoms with Gasteiger partial charge >= 0.3 is 17.1 Å². The number of nitrogens with zero attached hydrogens (tertiary/aromatic N) is 1. The van der Waals surface area contributed by atoms with E-state index >= 15 is 0 Å². The number of carboxylic acids is 1. The van der Waals surface area contributed by atoms with Gasteiger partial charge in [0.25, 0.3) is 5.69 Å². The number of aromatic nitrogens is 2. The summed E-state index contributed by atoms with van der Waals surface area (Å²) in [7, 11) is 0. The molecule has 122 valence electrons. The van der Waals surface area contributed by atoms with Crippen LogP contribution in [0.1, 0.15) is 18.9 Å². The average molecular weight is 322 g/mol. The quantitative estimate of drug-likeness (QED) is 0.333. The summed E-state index contributed by atoms with van der Waals surface area (Å²) in [5, 5.41) is 22.7. The lowest BCUT2D eigenvalue weighted by atomic mass is 10.1. The van der Waals surface area contributed by atoms with Gasteiger partial charge in [0.05, 0.1) is 16.0 Å². The molecule has 0 amide bonds. The monoisotopic (exact) mass is 322 g/mol. The fourth-order valence-electron chi connectivity index (χ4n) is 2.17. The van der Waals surface area contributed by atoms with Crippen LogP contribution in [-0.2, 0) is 11.3 Å². The Labute approximate surface area is 128 Å². The molecular weight excluding hydrogens is 308 g/mol. The summed E-state index contributed by atoms with van der Waals surface area (Å²) in [5.41, 5.74) is -1.47. The van der Waals surface area contributed by atoms with Crippen molar-refractivity contribution in [1.29, 1.82) is 0 Å². The van der Waals surface area contributed by atoms with Crippen molar-refractivity contribution in [1.82, 2.24) is 15.3 Å². The van der Waals surface area contributed by atoms with Crippen LogP contribution in [0.25, 0.3) is 11.0 Å². The maximum Gasteiger partial charge on any atom is 0.320 e. The van der Waals surface area contributed by atoms with Crippen molar-refractivity contribution in [2.24, 2.45) is 0 Å². The predicted molar refractivity (Wildman–Crippen MR) is 80.4 cm³/mol. The molecule has 0 saturated heterocycles. The molecule has 1 heterocycles. The van der Waals surface area contributed by atoms with Crippen LogP contribution in [0.4, 0.5) is 5.69 Å². The SMILES string of the molecule is CC[C@H](NCc1cc([N+](=O)[O-])cc2[nH]c(=O)c(=O)[nH]c12)C(=O)O. The lowest BCUT2D eigenvalue weighted by Crippen LogP contribution is -2.36. The number of carbonyl (C=O) groups is 1. The normalized spacial score (nSPS) is 12.2. The Morgan fingerprint density at radius 2 is 2.00 bits per heavy atom. The van der Waals surface area contributed by atoms with Crippen molar-refractivity contribution >= 4 is 22.7 Å². The van der Waals surface area contributed by atoms with Crippen LogP contribution in [0.3, 0.4) is 0 Å². The molecule has 0 unspecified atom stereocenters. The van der Waals surface area contributed by atoms with Crippen LogP contribution in [-0.4, -0.2) is 32.0 Å². The van der Waals surface area contributed by atoms with Gasteiger partial charge in [-0.15, -0.1) is 0 Å². The number of non-ortho nitro benzene ring substituents is 1. The maximum absolute atomic E-state index is 11.5. The summed E-state index contributed by atoms with van der Waals surface area (Å²) in [6, 6.07) is 1.52. The molecule has 2 rings (SSSR count). The number of rotatable bonds is 6. The number of nitro benzene ring substituents is 1. The highest BCUT2D eigenvalue weighted by Crippen LogP contribution is 2.21. The molecule has 1 atom stereocenters. The molecule has 0 bridgehead atoms. The van der Waals surface area contributed by atoms with Crippen molar-refractivity contribution in [2.45, 2.75) is 25.9 Å². The van der Waals surface area contributed by atoms with Gasteiger partial charge in [-0.05, 0) is 12.0 Å². The van der Waals surface area contributed by atoms with E-state index in [1.807, 2.05) is 0 Å². The van der Waals surface area contributed by atoms with E-state index in [1.54, 1.807) is 6.92 Å². The van der Waals surface area contributed by atoms with Gasteiger partial charge < -0.3 is 20.4 Å². The summed E-state index contributed by atoms with van der Waals surface area (Å²) >= 11 is 0. The number of hydrogen-bond acceptors (Lipinski definition) is 6. The Balaban J connectivity index is 2.53. The van der Waals surface area contributed by atoms with Crippen LogP contribution >= 0.6 is 0 Å². The maximum atomic E-state index is 11.5. The summed E-state index contributed by atoms with van der Waals surface area (Å²) < 4.78 is 0. The van der Waals surface area contributed by atoms with Crippen molar-refractivity contribution in [3.8, 4) is 0 Å². The molecule has 1 aromatic carbocycles. The van der Waals surface area contributed by atoms with E-state index < -0.39 is 28.1 Å². The minimum Gasteiger partial charge on any atom is -0.480 e. The number of H-pyrrole nitrogens is 2. The predicted octanol–water partition coefficient (Wildman–Crippen LogP) is 0.0774. The smallest absolute Gasteiger partial charge is 0.320 e. The molecule has 23 heavy (non-hydrogen) atoms. The lowest BCUT2D eigenvalue weighted by molar-refractivity contribution is -0.384. The molecule has 0 fully saturated rings. The second-order valence-corrected chi connectivity index (χ2v) is 4.87. The van der Waals surface area contributed by atoms with Crippen molar-refractivity contribution < 1.29 is 14.8 Å². The molecule has 2 aromatic rings. The van der Waals surface area contributed by atoms with Crippen LogP contribution in [0.5, 0.6) is 0 Å². The number of nitrogens with one attached hydrogen (secondary N) is 3. The standard InChI is InChI=1S/C13H14N4O6/c1-2-8(13(20)21)14-5-6-3-7(17(22)23)4-9-10(6)16-12(19)11(18)15-9/h3-4,8,14H,2,5H2,1H3,(H,15,18)(H,16,19)(H,20,21)/t8-/m0/s1. The van der Waals surface area contributed by atoms with E-state index in [1.165, 1.54) is 6.07 Å². The first-order chi connectivity index (χ1) is 10.8. The van der Waals surface area contributed by atoms with E-state index in [9.17, 15) is 24.5 Å².